The van der Waals surface area contributed by atoms with Gasteiger partial charge in [0.15, 0.2) is 7.38 Å². The van der Waals surface area contributed by atoms with Crippen molar-refractivity contribution in [1.29, 1.82) is 0 Å². The van der Waals surface area contributed by atoms with Crippen molar-refractivity contribution in [2.45, 2.75) is 31.7 Å². The van der Waals surface area contributed by atoms with E-state index in [1.165, 1.54) is 11.3 Å². The van der Waals surface area contributed by atoms with Crippen molar-refractivity contribution in [3.63, 3.8) is 0 Å². The number of hydrogen-bond donors (Lipinski definition) is 0. The second kappa shape index (κ2) is 3.61. The summed E-state index contributed by atoms with van der Waals surface area (Å²) in [4.78, 5) is 0. The van der Waals surface area contributed by atoms with Gasteiger partial charge in [-0.25, -0.2) is 0 Å². The first-order chi connectivity index (χ1) is 5.43. The molecule has 1 aliphatic heterocycles. The highest BCUT2D eigenvalue weighted by atomic mass is 35.6. The van der Waals surface area contributed by atoms with Gasteiger partial charge in [-0.3, -0.25) is 0 Å². The fourth-order valence-electron chi connectivity index (χ4n) is 2.09. The average Bonchev–Trinajstić information content (AvgIpc) is 1.85. The van der Waals surface area contributed by atoms with Crippen molar-refractivity contribution >= 4 is 37.1 Å². The Morgan fingerprint density at radius 1 is 1.17 bits per heavy atom. The quantitative estimate of drug-likeness (QED) is 0.543. The third-order valence-corrected chi connectivity index (χ3v) is 20.1. The van der Waals surface area contributed by atoms with Crippen molar-refractivity contribution in [3.05, 3.63) is 0 Å². The van der Waals surface area contributed by atoms with E-state index >= 15 is 0 Å². The summed E-state index contributed by atoms with van der Waals surface area (Å²) in [7, 11) is -2.85. The maximum absolute atomic E-state index is 6.57. The normalized spacial score (nSPS) is 41.5. The molecular formula is C7H17Cl2NSi2. The van der Waals surface area contributed by atoms with E-state index in [2.05, 4.69) is 25.0 Å². The van der Waals surface area contributed by atoms with Crippen molar-refractivity contribution < 1.29 is 0 Å². The van der Waals surface area contributed by atoms with E-state index in [1.54, 1.807) is 0 Å². The van der Waals surface area contributed by atoms with Gasteiger partial charge in [-0.1, -0.05) is 20.4 Å². The van der Waals surface area contributed by atoms with Crippen molar-refractivity contribution in [2.75, 3.05) is 13.1 Å². The Balaban J connectivity index is 2.53. The zero-order valence-corrected chi connectivity index (χ0v) is 11.5. The second-order valence-corrected chi connectivity index (χ2v) is 16.8. The summed E-state index contributed by atoms with van der Waals surface area (Å²) in [5, 5.41) is 0. The summed E-state index contributed by atoms with van der Waals surface area (Å²) in [5.41, 5.74) is 2.34. The Morgan fingerprint density at radius 2 is 1.58 bits per heavy atom. The zero-order valence-electron chi connectivity index (χ0n) is 8.03. The van der Waals surface area contributed by atoms with Gasteiger partial charge >= 0.3 is 0 Å². The van der Waals surface area contributed by atoms with Gasteiger partial charge in [0.05, 0.1) is 0 Å². The third-order valence-electron chi connectivity index (χ3n) is 2.61. The Kier molecular flexibility index (Phi) is 3.33. The van der Waals surface area contributed by atoms with Gasteiger partial charge in [-0.2, -0.15) is 11.1 Å². The predicted molar refractivity (Wildman–Crippen MR) is 61.6 cm³/mol. The molecule has 1 nitrogen and oxygen atoms in total. The first kappa shape index (κ1) is 11.1. The molecule has 0 aromatic heterocycles. The fraction of sp³-hybridized carbons (Fsp3) is 1.00. The van der Waals surface area contributed by atoms with Crippen LogP contribution in [0.4, 0.5) is 0 Å². The molecule has 12 heavy (non-hydrogen) atoms. The Labute approximate surface area is 86.5 Å². The maximum atomic E-state index is 6.57. The molecule has 0 bridgehead atoms. The van der Waals surface area contributed by atoms with Crippen LogP contribution in [0.5, 0.6) is 0 Å². The fourth-order valence-corrected chi connectivity index (χ4v) is 24.9. The lowest BCUT2D eigenvalue weighted by molar-refractivity contribution is 0.472. The summed E-state index contributed by atoms with van der Waals surface area (Å²) >= 11 is 12.9. The SMILES string of the molecule is CCN(CC)[Si]1(Cl)C[Si](C)(Cl)C1. The van der Waals surface area contributed by atoms with Gasteiger partial charge in [0, 0.05) is 0 Å². The van der Waals surface area contributed by atoms with Gasteiger partial charge in [-0.05, 0) is 24.4 Å². The van der Waals surface area contributed by atoms with Crippen LogP contribution >= 0.6 is 22.2 Å². The molecule has 1 fully saturated rings. The minimum Gasteiger partial charge on any atom is -0.312 e. The van der Waals surface area contributed by atoms with Crippen LogP contribution in [0.1, 0.15) is 13.8 Å². The molecule has 1 heterocycles. The van der Waals surface area contributed by atoms with E-state index < -0.39 is 14.9 Å². The Hall–Kier alpha value is 0.974. The minimum absolute atomic E-state index is 1.09. The summed E-state index contributed by atoms with van der Waals surface area (Å²) in [6, 6.07) is 0. The number of nitrogens with zero attached hydrogens (tertiary/aromatic N) is 1. The molecule has 0 aromatic carbocycles. The van der Waals surface area contributed by atoms with Gasteiger partial charge in [0.2, 0.25) is 7.55 Å². The summed E-state index contributed by atoms with van der Waals surface area (Å²) in [6.07, 6.45) is 0. The summed E-state index contributed by atoms with van der Waals surface area (Å²) in [5.74, 6) is 0. The highest BCUT2D eigenvalue weighted by Gasteiger charge is 2.57. The lowest BCUT2D eigenvalue weighted by Gasteiger charge is -2.49. The number of halogens is 2. The molecule has 0 N–H and O–H groups in total. The highest BCUT2D eigenvalue weighted by Crippen LogP contribution is 2.46. The van der Waals surface area contributed by atoms with E-state index in [-0.39, 0.29) is 0 Å². The number of rotatable bonds is 3. The Morgan fingerprint density at radius 3 is 1.83 bits per heavy atom. The van der Waals surface area contributed by atoms with Crippen LogP contribution in [0.15, 0.2) is 0 Å². The molecule has 0 aliphatic carbocycles. The zero-order chi connectivity index (χ0) is 9.41. The van der Waals surface area contributed by atoms with Gasteiger partial charge in [-0.15, -0.1) is 11.1 Å². The number of hydrogen-bond acceptors (Lipinski definition) is 1. The highest BCUT2D eigenvalue weighted by molar-refractivity contribution is 7.44. The molecule has 0 atom stereocenters. The lowest BCUT2D eigenvalue weighted by atomic mass is 10.7. The molecule has 1 rings (SSSR count). The second-order valence-electron chi connectivity index (χ2n) is 3.86. The molecule has 0 aromatic rings. The maximum Gasteiger partial charge on any atom is 0.226 e. The molecule has 0 radical (unpaired) electrons. The molecule has 0 saturated carbocycles. The van der Waals surface area contributed by atoms with E-state index in [1.807, 2.05) is 0 Å². The van der Waals surface area contributed by atoms with Crippen LogP contribution in [0.3, 0.4) is 0 Å². The van der Waals surface area contributed by atoms with Gasteiger partial charge < -0.3 is 4.57 Å². The Bertz CT molecular complexity index is 163. The topological polar surface area (TPSA) is 3.24 Å². The summed E-state index contributed by atoms with van der Waals surface area (Å²) < 4.78 is 2.45. The first-order valence-electron chi connectivity index (χ1n) is 4.56. The van der Waals surface area contributed by atoms with Crippen LogP contribution in [-0.2, 0) is 0 Å². The van der Waals surface area contributed by atoms with Crippen LogP contribution in [0.2, 0.25) is 17.9 Å². The largest absolute Gasteiger partial charge is 0.312 e. The van der Waals surface area contributed by atoms with Crippen LogP contribution in [0.25, 0.3) is 0 Å². The van der Waals surface area contributed by atoms with Crippen molar-refractivity contribution in [1.82, 2.24) is 4.57 Å². The van der Waals surface area contributed by atoms with Crippen molar-refractivity contribution in [3.8, 4) is 0 Å². The molecule has 1 aliphatic rings. The molecule has 0 unspecified atom stereocenters. The minimum atomic E-state index is -1.53. The lowest BCUT2D eigenvalue weighted by Crippen LogP contribution is -2.64. The summed E-state index contributed by atoms with van der Waals surface area (Å²) in [6.45, 7) is 8.78. The van der Waals surface area contributed by atoms with Crippen LogP contribution in [0, 0.1) is 0 Å². The van der Waals surface area contributed by atoms with Gasteiger partial charge in [0.25, 0.3) is 0 Å². The molecule has 72 valence electrons. The smallest absolute Gasteiger partial charge is 0.226 e. The van der Waals surface area contributed by atoms with Crippen LogP contribution < -0.4 is 0 Å². The van der Waals surface area contributed by atoms with E-state index in [0.29, 0.717) is 0 Å². The molecular weight excluding hydrogens is 225 g/mol. The van der Waals surface area contributed by atoms with E-state index in [0.717, 1.165) is 13.1 Å². The van der Waals surface area contributed by atoms with Crippen LogP contribution in [-0.4, -0.2) is 32.6 Å². The standard InChI is InChI=1S/C7H17Cl2NSi2/c1-4-10(5-2)12(9)6-11(3,8)7-12/h4-7H2,1-3H3. The monoisotopic (exact) mass is 241 g/mol. The predicted octanol–water partition coefficient (Wildman–Crippen LogP) is 2.92. The molecule has 1 saturated heterocycles. The third kappa shape index (κ3) is 2.07. The molecule has 0 spiro atoms. The van der Waals surface area contributed by atoms with E-state index in [4.69, 9.17) is 22.2 Å². The first-order valence-corrected chi connectivity index (χ1v) is 11.9. The van der Waals surface area contributed by atoms with Crippen molar-refractivity contribution in [2.24, 2.45) is 0 Å². The average molecular weight is 242 g/mol. The van der Waals surface area contributed by atoms with Gasteiger partial charge in [0.1, 0.15) is 0 Å². The van der Waals surface area contributed by atoms with E-state index in [9.17, 15) is 0 Å². The molecule has 0 amide bonds. The molecule has 5 heteroatoms.